The minimum Gasteiger partial charge on any atom is -0.497 e. The van der Waals surface area contributed by atoms with Crippen molar-refractivity contribution in [2.45, 2.75) is 0 Å². The molecule has 0 spiro atoms. The van der Waals surface area contributed by atoms with Gasteiger partial charge in [-0.2, -0.15) is 0 Å². The summed E-state index contributed by atoms with van der Waals surface area (Å²) in [5, 5.41) is 0. The van der Waals surface area contributed by atoms with Crippen LogP contribution in [0, 0.1) is 0 Å². The van der Waals surface area contributed by atoms with Crippen molar-refractivity contribution in [1.29, 1.82) is 0 Å². The summed E-state index contributed by atoms with van der Waals surface area (Å²) >= 11 is 0. The zero-order chi connectivity index (χ0) is 19.9. The van der Waals surface area contributed by atoms with Crippen LogP contribution in [-0.2, 0) is 0 Å². The lowest BCUT2D eigenvalue weighted by Gasteiger charge is -2.18. The molecule has 0 aliphatic heterocycles. The molecule has 4 aromatic rings. The van der Waals surface area contributed by atoms with Crippen molar-refractivity contribution >= 4 is 11.3 Å². The van der Waals surface area contributed by atoms with Crippen molar-refractivity contribution in [2.75, 3.05) is 7.11 Å². The van der Waals surface area contributed by atoms with Gasteiger partial charge in [-0.05, 0) is 47.5 Å². The van der Waals surface area contributed by atoms with Crippen LogP contribution < -0.4 is 9.47 Å². The van der Waals surface area contributed by atoms with E-state index in [1.54, 1.807) is 7.11 Å². The van der Waals surface area contributed by atoms with Gasteiger partial charge in [0, 0.05) is 11.1 Å². The van der Waals surface area contributed by atoms with Crippen molar-refractivity contribution in [2.24, 2.45) is 0 Å². The third-order valence-electron chi connectivity index (χ3n) is 4.67. The minimum absolute atomic E-state index is 0.794. The largest absolute Gasteiger partial charge is 0.497 e. The minimum atomic E-state index is 0.794. The maximum atomic E-state index is 6.48. The number of benzene rings is 4. The highest BCUT2D eigenvalue weighted by Crippen LogP contribution is 2.34. The van der Waals surface area contributed by atoms with Gasteiger partial charge in [0.15, 0.2) is 0 Å². The quantitative estimate of drug-likeness (QED) is 0.275. The van der Waals surface area contributed by atoms with Crippen molar-refractivity contribution in [3.8, 4) is 11.5 Å². The Hall–Kier alpha value is -3.78. The molecule has 0 amide bonds. The fourth-order valence-electron chi connectivity index (χ4n) is 3.24. The van der Waals surface area contributed by atoms with E-state index in [1.807, 2.05) is 91.0 Å². The number of hydrogen-bond donors (Lipinski definition) is 0. The highest BCUT2D eigenvalue weighted by Gasteiger charge is 2.16. The maximum absolute atomic E-state index is 6.48. The van der Waals surface area contributed by atoms with Crippen molar-refractivity contribution in [1.82, 2.24) is 0 Å². The second kappa shape index (κ2) is 8.94. The molecule has 0 aliphatic rings. The first-order valence-corrected chi connectivity index (χ1v) is 9.57. The molecule has 142 valence electrons. The normalized spacial score (nSPS) is 10.2. The second-order valence-corrected chi connectivity index (χ2v) is 6.58. The summed E-state index contributed by atoms with van der Waals surface area (Å²) in [6.45, 7) is 0. The van der Waals surface area contributed by atoms with Crippen LogP contribution in [-0.4, -0.2) is 7.11 Å². The zero-order valence-electron chi connectivity index (χ0n) is 16.3. The number of rotatable bonds is 6. The van der Waals surface area contributed by atoms with E-state index in [0.29, 0.717) is 0 Å². The summed E-state index contributed by atoms with van der Waals surface area (Å²) in [7, 11) is 1.67. The molecule has 4 rings (SSSR count). The topological polar surface area (TPSA) is 18.5 Å². The number of ether oxygens (including phenoxy) is 2. The smallest absolute Gasteiger partial charge is 0.143 e. The molecule has 0 N–H and O–H groups in total. The molecule has 0 fully saturated rings. The predicted molar refractivity (Wildman–Crippen MR) is 119 cm³/mol. The lowest BCUT2D eigenvalue weighted by molar-refractivity contribution is 0.414. The molecule has 0 aliphatic carbocycles. The van der Waals surface area contributed by atoms with Gasteiger partial charge in [0.1, 0.15) is 17.3 Å². The van der Waals surface area contributed by atoms with Crippen LogP contribution in [0.1, 0.15) is 16.7 Å². The Labute approximate surface area is 171 Å². The van der Waals surface area contributed by atoms with E-state index in [0.717, 1.165) is 39.5 Å². The Kier molecular flexibility index (Phi) is 5.73. The molecule has 0 heterocycles. The SMILES string of the molecule is COc1ccc(C(Oc2ccccc2)=C(c2ccccc2)c2ccccc2)cc1. The monoisotopic (exact) mass is 378 g/mol. The van der Waals surface area contributed by atoms with Crippen molar-refractivity contribution in [3.05, 3.63) is 132 Å². The van der Waals surface area contributed by atoms with Crippen molar-refractivity contribution < 1.29 is 9.47 Å². The lowest BCUT2D eigenvalue weighted by atomic mass is 9.94. The first-order valence-electron chi connectivity index (χ1n) is 9.57. The summed E-state index contributed by atoms with van der Waals surface area (Å²) < 4.78 is 11.8. The second-order valence-electron chi connectivity index (χ2n) is 6.58. The van der Waals surface area contributed by atoms with Gasteiger partial charge in [0.05, 0.1) is 7.11 Å². The van der Waals surface area contributed by atoms with E-state index in [4.69, 9.17) is 9.47 Å². The summed E-state index contributed by atoms with van der Waals surface area (Å²) in [5.41, 5.74) is 4.22. The predicted octanol–water partition coefficient (Wildman–Crippen LogP) is 6.69. The van der Waals surface area contributed by atoms with Gasteiger partial charge in [-0.25, -0.2) is 0 Å². The molecular formula is C27H22O2. The van der Waals surface area contributed by atoms with E-state index in [2.05, 4.69) is 24.3 Å². The molecule has 0 radical (unpaired) electrons. The molecule has 0 saturated heterocycles. The molecule has 0 saturated carbocycles. The van der Waals surface area contributed by atoms with Crippen LogP contribution in [0.5, 0.6) is 11.5 Å². The van der Waals surface area contributed by atoms with Gasteiger partial charge < -0.3 is 9.47 Å². The third-order valence-corrected chi connectivity index (χ3v) is 4.67. The average molecular weight is 378 g/mol. The lowest BCUT2D eigenvalue weighted by Crippen LogP contribution is -2.02. The van der Waals surface area contributed by atoms with Crippen LogP contribution in [0.3, 0.4) is 0 Å². The fourth-order valence-corrected chi connectivity index (χ4v) is 3.24. The zero-order valence-corrected chi connectivity index (χ0v) is 16.3. The number of methoxy groups -OCH3 is 1. The summed E-state index contributed by atoms with van der Waals surface area (Å²) in [4.78, 5) is 0. The molecule has 0 aromatic heterocycles. The molecule has 0 atom stereocenters. The van der Waals surface area contributed by atoms with Gasteiger partial charge >= 0.3 is 0 Å². The van der Waals surface area contributed by atoms with Crippen LogP contribution in [0.15, 0.2) is 115 Å². The van der Waals surface area contributed by atoms with Crippen LogP contribution >= 0.6 is 0 Å². The third kappa shape index (κ3) is 4.39. The molecule has 29 heavy (non-hydrogen) atoms. The Bertz CT molecular complexity index is 1030. The Balaban J connectivity index is 1.96. The molecule has 0 unspecified atom stereocenters. The van der Waals surface area contributed by atoms with E-state index in [1.165, 1.54) is 0 Å². The summed E-state index contributed by atoms with van der Waals surface area (Å²) in [6, 6.07) is 38.5. The number of hydrogen-bond acceptors (Lipinski definition) is 2. The van der Waals surface area contributed by atoms with E-state index < -0.39 is 0 Å². The van der Waals surface area contributed by atoms with Crippen molar-refractivity contribution in [3.63, 3.8) is 0 Å². The molecule has 2 nitrogen and oxygen atoms in total. The molecule has 0 bridgehead atoms. The van der Waals surface area contributed by atoms with E-state index >= 15 is 0 Å². The average Bonchev–Trinajstić information content (AvgIpc) is 2.81. The Morgan fingerprint density at radius 3 is 1.45 bits per heavy atom. The van der Waals surface area contributed by atoms with Gasteiger partial charge in [0.25, 0.3) is 0 Å². The van der Waals surface area contributed by atoms with Gasteiger partial charge in [-0.15, -0.1) is 0 Å². The summed E-state index contributed by atoms with van der Waals surface area (Å²) in [5.74, 6) is 2.41. The van der Waals surface area contributed by atoms with E-state index in [-0.39, 0.29) is 0 Å². The van der Waals surface area contributed by atoms with Crippen LogP contribution in [0.25, 0.3) is 11.3 Å². The van der Waals surface area contributed by atoms with E-state index in [9.17, 15) is 0 Å². The molecule has 4 aromatic carbocycles. The first-order chi connectivity index (χ1) is 14.3. The number of para-hydroxylation sites is 1. The Morgan fingerprint density at radius 2 is 0.966 bits per heavy atom. The fraction of sp³-hybridized carbons (Fsp3) is 0.0370. The van der Waals surface area contributed by atoms with Gasteiger partial charge in [-0.3, -0.25) is 0 Å². The van der Waals surface area contributed by atoms with Gasteiger partial charge in [-0.1, -0.05) is 78.9 Å². The molecule has 2 heteroatoms. The van der Waals surface area contributed by atoms with Crippen LogP contribution in [0.4, 0.5) is 0 Å². The van der Waals surface area contributed by atoms with Crippen LogP contribution in [0.2, 0.25) is 0 Å². The molecular weight excluding hydrogens is 356 g/mol. The first kappa shape index (κ1) is 18.6. The standard InChI is InChI=1S/C27H22O2/c1-28-24-19-17-23(18-20-24)27(29-25-15-9-4-10-16-25)26(21-11-5-2-6-12-21)22-13-7-3-8-14-22/h2-20H,1H3. The Morgan fingerprint density at radius 1 is 0.483 bits per heavy atom. The maximum Gasteiger partial charge on any atom is 0.143 e. The highest BCUT2D eigenvalue weighted by atomic mass is 16.5. The van der Waals surface area contributed by atoms with Gasteiger partial charge in [0.2, 0.25) is 0 Å². The summed E-state index contributed by atoms with van der Waals surface area (Å²) in [6.07, 6.45) is 0. The highest BCUT2D eigenvalue weighted by molar-refractivity contribution is 5.96.